The minimum absolute atomic E-state index is 0.0585. The van der Waals surface area contributed by atoms with Gasteiger partial charge < -0.3 is 20.1 Å². The van der Waals surface area contributed by atoms with Crippen LogP contribution in [0.1, 0.15) is 24.0 Å². The van der Waals surface area contributed by atoms with Crippen molar-refractivity contribution in [3.8, 4) is 5.75 Å². The van der Waals surface area contributed by atoms with E-state index in [0.717, 1.165) is 33.2 Å². The number of carbonyl (C=O) groups excluding carboxylic acids is 2. The fourth-order valence-corrected chi connectivity index (χ4v) is 4.36. The Balaban J connectivity index is 1.40. The van der Waals surface area contributed by atoms with Gasteiger partial charge in [-0.1, -0.05) is 30.3 Å². The van der Waals surface area contributed by atoms with Crippen LogP contribution in [0.3, 0.4) is 0 Å². The molecular weight excluding hydrogens is 400 g/mol. The van der Waals surface area contributed by atoms with E-state index in [2.05, 4.69) is 5.32 Å². The Kier molecular flexibility index (Phi) is 7.76. The summed E-state index contributed by atoms with van der Waals surface area (Å²) in [6.07, 6.45) is -0.593. The second kappa shape index (κ2) is 10.5. The number of hydrogen-bond acceptors (Lipinski definition) is 5. The second-order valence-corrected chi connectivity index (χ2v) is 8.49. The number of benzene rings is 2. The Morgan fingerprint density at radius 2 is 1.87 bits per heavy atom. The highest BCUT2D eigenvalue weighted by molar-refractivity contribution is 7.99. The lowest BCUT2D eigenvalue weighted by atomic mass is 10.1. The van der Waals surface area contributed by atoms with Gasteiger partial charge in [0, 0.05) is 36.6 Å². The SMILES string of the molecule is Cc1cccc(C)c1OCC(O)CNC(=O)CCC(=O)N1CCSc2ccccc21. The molecule has 1 unspecified atom stereocenters. The number of thioether (sulfide) groups is 1. The maximum absolute atomic E-state index is 12.6. The quantitative estimate of drug-likeness (QED) is 0.676. The lowest BCUT2D eigenvalue weighted by molar-refractivity contribution is -0.125. The monoisotopic (exact) mass is 428 g/mol. The highest BCUT2D eigenvalue weighted by Gasteiger charge is 2.23. The zero-order chi connectivity index (χ0) is 21.5. The van der Waals surface area contributed by atoms with Crippen molar-refractivity contribution in [2.24, 2.45) is 0 Å². The molecule has 2 aromatic rings. The molecular formula is C23H28N2O4S. The number of rotatable bonds is 8. The summed E-state index contributed by atoms with van der Waals surface area (Å²) >= 11 is 1.74. The zero-order valence-electron chi connectivity index (χ0n) is 17.4. The number of aliphatic hydroxyl groups excluding tert-OH is 1. The van der Waals surface area contributed by atoms with Crippen molar-refractivity contribution >= 4 is 29.3 Å². The van der Waals surface area contributed by atoms with Gasteiger partial charge in [0.05, 0.1) is 5.69 Å². The second-order valence-electron chi connectivity index (χ2n) is 7.35. The molecule has 6 nitrogen and oxygen atoms in total. The summed E-state index contributed by atoms with van der Waals surface area (Å²) in [7, 11) is 0. The summed E-state index contributed by atoms with van der Waals surface area (Å²) in [5.74, 6) is 1.29. The predicted octanol–water partition coefficient (Wildman–Crippen LogP) is 3.08. The van der Waals surface area contributed by atoms with Crippen LogP contribution in [-0.2, 0) is 9.59 Å². The topological polar surface area (TPSA) is 78.9 Å². The number of aryl methyl sites for hydroxylation is 2. The third-order valence-electron chi connectivity index (χ3n) is 4.96. The number of anilines is 1. The fraction of sp³-hybridized carbons (Fsp3) is 0.391. The summed E-state index contributed by atoms with van der Waals surface area (Å²) in [5, 5.41) is 12.8. The van der Waals surface area contributed by atoms with Crippen LogP contribution in [0.2, 0.25) is 0 Å². The molecule has 0 radical (unpaired) electrons. The van der Waals surface area contributed by atoms with E-state index in [1.54, 1.807) is 16.7 Å². The van der Waals surface area contributed by atoms with Crippen LogP contribution in [0, 0.1) is 13.8 Å². The first kappa shape index (κ1) is 22.2. The summed E-state index contributed by atoms with van der Waals surface area (Å²) in [6.45, 7) is 4.73. The van der Waals surface area contributed by atoms with Gasteiger partial charge in [0.25, 0.3) is 0 Å². The van der Waals surface area contributed by atoms with E-state index in [9.17, 15) is 14.7 Å². The number of carbonyl (C=O) groups is 2. The van der Waals surface area contributed by atoms with Crippen LogP contribution in [0.4, 0.5) is 5.69 Å². The van der Waals surface area contributed by atoms with E-state index in [-0.39, 0.29) is 37.8 Å². The molecule has 0 spiro atoms. The third kappa shape index (κ3) is 5.77. The lowest BCUT2D eigenvalue weighted by Gasteiger charge is -2.29. The van der Waals surface area contributed by atoms with Gasteiger partial charge >= 0.3 is 0 Å². The summed E-state index contributed by atoms with van der Waals surface area (Å²) < 4.78 is 5.71. The number of amides is 2. The largest absolute Gasteiger partial charge is 0.490 e. The van der Waals surface area contributed by atoms with Gasteiger partial charge in [0.1, 0.15) is 18.5 Å². The number of fused-ring (bicyclic) bond motifs is 1. The molecule has 2 amide bonds. The first-order valence-electron chi connectivity index (χ1n) is 10.1. The fourth-order valence-electron chi connectivity index (χ4n) is 3.37. The van der Waals surface area contributed by atoms with Crippen molar-refractivity contribution in [2.75, 3.05) is 30.3 Å². The van der Waals surface area contributed by atoms with Gasteiger partial charge in [-0.25, -0.2) is 0 Å². The van der Waals surface area contributed by atoms with E-state index in [4.69, 9.17) is 4.74 Å². The number of ether oxygens (including phenoxy) is 1. The highest BCUT2D eigenvalue weighted by Crippen LogP contribution is 2.34. The Morgan fingerprint density at radius 1 is 1.13 bits per heavy atom. The molecule has 1 atom stereocenters. The van der Waals surface area contributed by atoms with Gasteiger partial charge in [0.15, 0.2) is 0 Å². The van der Waals surface area contributed by atoms with Crippen LogP contribution >= 0.6 is 11.8 Å². The molecule has 160 valence electrons. The van der Waals surface area contributed by atoms with Crippen LogP contribution < -0.4 is 15.0 Å². The third-order valence-corrected chi connectivity index (χ3v) is 6.00. The number of nitrogens with one attached hydrogen (secondary N) is 1. The molecule has 1 aliphatic rings. The van der Waals surface area contributed by atoms with Crippen LogP contribution in [0.15, 0.2) is 47.4 Å². The molecule has 7 heteroatoms. The maximum atomic E-state index is 12.6. The molecule has 0 fully saturated rings. The average Bonchev–Trinajstić information content (AvgIpc) is 2.75. The Morgan fingerprint density at radius 3 is 2.63 bits per heavy atom. The van der Waals surface area contributed by atoms with Crippen molar-refractivity contribution in [1.82, 2.24) is 5.32 Å². The van der Waals surface area contributed by atoms with Crippen LogP contribution in [0.25, 0.3) is 0 Å². The van der Waals surface area contributed by atoms with Crippen LogP contribution in [-0.4, -0.2) is 48.5 Å². The highest BCUT2D eigenvalue weighted by atomic mass is 32.2. The van der Waals surface area contributed by atoms with E-state index in [1.165, 1.54) is 0 Å². The number of hydrogen-bond donors (Lipinski definition) is 2. The van der Waals surface area contributed by atoms with E-state index in [1.807, 2.05) is 56.3 Å². The first-order valence-corrected chi connectivity index (χ1v) is 11.1. The van der Waals surface area contributed by atoms with Crippen molar-refractivity contribution in [3.63, 3.8) is 0 Å². The van der Waals surface area contributed by atoms with E-state index < -0.39 is 6.10 Å². The summed E-state index contributed by atoms with van der Waals surface area (Å²) in [6, 6.07) is 13.7. The molecule has 2 aromatic carbocycles. The van der Waals surface area contributed by atoms with Crippen molar-refractivity contribution in [3.05, 3.63) is 53.6 Å². The number of nitrogens with zero attached hydrogens (tertiary/aromatic N) is 1. The minimum Gasteiger partial charge on any atom is -0.490 e. The minimum atomic E-state index is -0.824. The molecule has 1 aliphatic heterocycles. The normalized spacial score (nSPS) is 14.0. The summed E-state index contributed by atoms with van der Waals surface area (Å²) in [4.78, 5) is 27.6. The molecule has 0 bridgehead atoms. The summed E-state index contributed by atoms with van der Waals surface area (Å²) in [5.41, 5.74) is 2.92. The predicted molar refractivity (Wildman–Crippen MR) is 119 cm³/mol. The maximum Gasteiger partial charge on any atom is 0.227 e. The molecule has 0 aromatic heterocycles. The molecule has 1 heterocycles. The van der Waals surface area contributed by atoms with E-state index >= 15 is 0 Å². The number of para-hydroxylation sites is 2. The molecule has 30 heavy (non-hydrogen) atoms. The van der Waals surface area contributed by atoms with Crippen molar-refractivity contribution in [1.29, 1.82) is 0 Å². The molecule has 0 saturated heterocycles. The molecule has 0 aliphatic carbocycles. The average molecular weight is 429 g/mol. The van der Waals surface area contributed by atoms with Crippen molar-refractivity contribution < 1.29 is 19.4 Å². The molecule has 2 N–H and O–H groups in total. The van der Waals surface area contributed by atoms with Gasteiger partial charge in [-0.15, -0.1) is 11.8 Å². The lowest BCUT2D eigenvalue weighted by Crippen LogP contribution is -2.38. The molecule has 0 saturated carbocycles. The van der Waals surface area contributed by atoms with Crippen LogP contribution in [0.5, 0.6) is 5.75 Å². The van der Waals surface area contributed by atoms with E-state index in [0.29, 0.717) is 6.54 Å². The first-order chi connectivity index (χ1) is 14.5. The Hall–Kier alpha value is -2.51. The van der Waals surface area contributed by atoms with Gasteiger partial charge in [-0.05, 0) is 37.1 Å². The number of aliphatic hydroxyl groups is 1. The van der Waals surface area contributed by atoms with Gasteiger partial charge in [0.2, 0.25) is 11.8 Å². The van der Waals surface area contributed by atoms with Gasteiger partial charge in [-0.2, -0.15) is 0 Å². The van der Waals surface area contributed by atoms with Crippen molar-refractivity contribution in [2.45, 2.75) is 37.7 Å². The zero-order valence-corrected chi connectivity index (χ0v) is 18.2. The van der Waals surface area contributed by atoms with Gasteiger partial charge in [-0.3, -0.25) is 9.59 Å². The Bertz CT molecular complexity index is 882. The Labute approximate surface area is 181 Å². The standard InChI is InChI=1S/C23H28N2O4S/c1-16-6-5-7-17(2)23(16)29-15-18(26)14-24-21(27)10-11-22(28)25-12-13-30-20-9-4-3-8-19(20)25/h3-9,18,26H,10-15H2,1-2H3,(H,24,27). The smallest absolute Gasteiger partial charge is 0.227 e. The molecule has 3 rings (SSSR count).